The van der Waals surface area contributed by atoms with Gasteiger partial charge in [0.15, 0.2) is 11.9 Å². The van der Waals surface area contributed by atoms with E-state index < -0.39 is 0 Å². The Bertz CT molecular complexity index is 1120. The van der Waals surface area contributed by atoms with Crippen molar-refractivity contribution in [2.75, 3.05) is 6.61 Å². The number of ether oxygens (including phenoxy) is 2. The molecule has 3 aromatic carbocycles. The molecule has 0 saturated heterocycles. The third-order valence-corrected chi connectivity index (χ3v) is 5.45. The Morgan fingerprint density at radius 3 is 2.53 bits per heavy atom. The van der Waals surface area contributed by atoms with Gasteiger partial charge in [-0.1, -0.05) is 41.9 Å². The van der Waals surface area contributed by atoms with Gasteiger partial charge in [0.25, 0.3) is 0 Å². The molecule has 0 spiro atoms. The lowest BCUT2D eigenvalue weighted by atomic mass is 10.2. The van der Waals surface area contributed by atoms with Gasteiger partial charge in [-0.05, 0) is 68.3 Å². The molecule has 1 atom stereocenters. The molecule has 154 valence electrons. The number of fused-ring (bicyclic) bond motifs is 1. The number of imidazole rings is 1. The fourth-order valence-corrected chi connectivity index (χ4v) is 3.63. The summed E-state index contributed by atoms with van der Waals surface area (Å²) >= 11 is 6.09. The molecule has 1 unspecified atom stereocenters. The highest BCUT2D eigenvalue weighted by Crippen LogP contribution is 2.26. The Labute approximate surface area is 182 Å². The Kier molecular flexibility index (Phi) is 6.24. The lowest BCUT2D eigenvalue weighted by molar-refractivity contribution is 0.210. The minimum Gasteiger partial charge on any atom is -0.494 e. The van der Waals surface area contributed by atoms with Gasteiger partial charge in [0.1, 0.15) is 11.5 Å². The largest absolute Gasteiger partial charge is 0.494 e. The first-order valence-electron chi connectivity index (χ1n) is 10.2. The maximum Gasteiger partial charge on any atom is 0.153 e. The molecule has 0 fully saturated rings. The average Bonchev–Trinajstić information content (AvgIpc) is 3.13. The number of halogens is 1. The molecular weight excluding hydrogens is 396 g/mol. The van der Waals surface area contributed by atoms with E-state index in [2.05, 4.69) is 10.6 Å². The normalized spacial score (nSPS) is 12.1. The van der Waals surface area contributed by atoms with Crippen LogP contribution in [0, 0.1) is 6.92 Å². The highest BCUT2D eigenvalue weighted by atomic mass is 35.5. The van der Waals surface area contributed by atoms with Crippen molar-refractivity contribution < 1.29 is 9.47 Å². The van der Waals surface area contributed by atoms with Crippen LogP contribution in [0.3, 0.4) is 0 Å². The maximum absolute atomic E-state index is 6.14. The minimum atomic E-state index is -0.167. The predicted octanol–water partition coefficient (Wildman–Crippen LogP) is 6.61. The summed E-state index contributed by atoms with van der Waals surface area (Å²) in [4.78, 5) is 4.85. The van der Waals surface area contributed by atoms with E-state index in [1.54, 1.807) is 0 Å². The maximum atomic E-state index is 6.14. The number of rotatable bonds is 8. The van der Waals surface area contributed by atoms with Crippen molar-refractivity contribution in [3.63, 3.8) is 0 Å². The van der Waals surface area contributed by atoms with E-state index >= 15 is 0 Å². The SMILES string of the molecule is Cc1cc(OCCCn2c(C(C)Oc3ccccc3)nc3ccccc32)ccc1Cl. The molecule has 0 radical (unpaired) electrons. The summed E-state index contributed by atoms with van der Waals surface area (Å²) in [5.74, 6) is 2.60. The highest BCUT2D eigenvalue weighted by Gasteiger charge is 2.18. The zero-order chi connectivity index (χ0) is 20.9. The summed E-state index contributed by atoms with van der Waals surface area (Å²) in [5, 5.41) is 0.754. The second-order valence-corrected chi connectivity index (χ2v) is 7.70. The van der Waals surface area contributed by atoms with Crippen LogP contribution in [0.25, 0.3) is 11.0 Å². The molecule has 1 heterocycles. The molecule has 4 rings (SSSR count). The van der Waals surface area contributed by atoms with Gasteiger partial charge < -0.3 is 14.0 Å². The number of aromatic nitrogens is 2. The molecule has 0 bridgehead atoms. The van der Waals surface area contributed by atoms with Gasteiger partial charge in [-0.25, -0.2) is 4.98 Å². The molecule has 0 saturated carbocycles. The molecule has 4 nitrogen and oxygen atoms in total. The minimum absolute atomic E-state index is 0.167. The molecule has 1 aromatic heterocycles. The van der Waals surface area contributed by atoms with Crippen LogP contribution in [0.1, 0.15) is 30.8 Å². The molecule has 30 heavy (non-hydrogen) atoms. The Balaban J connectivity index is 1.48. The summed E-state index contributed by atoms with van der Waals surface area (Å²) in [6.07, 6.45) is 0.687. The highest BCUT2D eigenvalue weighted by molar-refractivity contribution is 6.31. The summed E-state index contributed by atoms with van der Waals surface area (Å²) < 4.78 is 14.3. The zero-order valence-electron chi connectivity index (χ0n) is 17.2. The van der Waals surface area contributed by atoms with Gasteiger partial charge >= 0.3 is 0 Å². The number of nitrogens with zero attached hydrogens (tertiary/aromatic N) is 2. The molecule has 5 heteroatoms. The monoisotopic (exact) mass is 420 g/mol. The van der Waals surface area contributed by atoms with Gasteiger partial charge in [-0.3, -0.25) is 0 Å². The smallest absolute Gasteiger partial charge is 0.153 e. The number of hydrogen-bond acceptors (Lipinski definition) is 3. The topological polar surface area (TPSA) is 36.3 Å². The van der Waals surface area contributed by atoms with E-state index in [1.807, 2.05) is 80.6 Å². The van der Waals surface area contributed by atoms with E-state index in [9.17, 15) is 0 Å². The average molecular weight is 421 g/mol. The summed E-state index contributed by atoms with van der Waals surface area (Å²) in [6, 6.07) is 23.8. The lowest BCUT2D eigenvalue weighted by Crippen LogP contribution is -2.13. The Hall–Kier alpha value is -2.98. The van der Waals surface area contributed by atoms with Crippen LogP contribution in [0.2, 0.25) is 5.02 Å². The summed E-state index contributed by atoms with van der Waals surface area (Å²) in [7, 11) is 0. The number of para-hydroxylation sites is 3. The van der Waals surface area contributed by atoms with E-state index in [4.69, 9.17) is 26.1 Å². The van der Waals surface area contributed by atoms with Crippen molar-refractivity contribution >= 4 is 22.6 Å². The summed E-state index contributed by atoms with van der Waals surface area (Å²) in [6.45, 7) is 5.43. The molecule has 0 aliphatic rings. The second kappa shape index (κ2) is 9.23. The zero-order valence-corrected chi connectivity index (χ0v) is 18.0. The third-order valence-electron chi connectivity index (χ3n) is 5.03. The summed E-state index contributed by atoms with van der Waals surface area (Å²) in [5.41, 5.74) is 3.10. The molecule has 0 aliphatic heterocycles. The Morgan fingerprint density at radius 1 is 0.967 bits per heavy atom. The van der Waals surface area contributed by atoms with Crippen LogP contribution in [-0.4, -0.2) is 16.2 Å². The quantitative estimate of drug-likeness (QED) is 0.301. The van der Waals surface area contributed by atoms with Crippen molar-refractivity contribution in [2.45, 2.75) is 32.9 Å². The van der Waals surface area contributed by atoms with Crippen molar-refractivity contribution in [2.24, 2.45) is 0 Å². The fraction of sp³-hybridized carbons (Fsp3) is 0.240. The van der Waals surface area contributed by atoms with Crippen molar-refractivity contribution in [1.29, 1.82) is 0 Å². The van der Waals surface area contributed by atoms with Crippen molar-refractivity contribution in [1.82, 2.24) is 9.55 Å². The van der Waals surface area contributed by atoms with Gasteiger partial charge in [-0.2, -0.15) is 0 Å². The van der Waals surface area contributed by atoms with E-state index in [-0.39, 0.29) is 6.10 Å². The molecule has 0 amide bonds. The van der Waals surface area contributed by atoms with E-state index in [0.29, 0.717) is 6.61 Å². The fourth-order valence-electron chi connectivity index (χ4n) is 3.52. The first-order chi connectivity index (χ1) is 14.6. The van der Waals surface area contributed by atoms with Crippen LogP contribution in [0.5, 0.6) is 11.5 Å². The van der Waals surface area contributed by atoms with Gasteiger partial charge in [0, 0.05) is 11.6 Å². The van der Waals surface area contributed by atoms with E-state index in [1.165, 1.54) is 0 Å². The van der Waals surface area contributed by atoms with Crippen LogP contribution in [0.4, 0.5) is 0 Å². The molecule has 0 aliphatic carbocycles. The van der Waals surface area contributed by atoms with Crippen molar-refractivity contribution in [3.05, 3.63) is 89.2 Å². The predicted molar refractivity (Wildman–Crippen MR) is 122 cm³/mol. The van der Waals surface area contributed by atoms with Crippen LogP contribution < -0.4 is 9.47 Å². The number of aryl methyl sites for hydroxylation is 2. The standard InChI is InChI=1S/C25H25ClN2O2/c1-18-17-21(13-14-22(18)26)29-16-8-15-28-24-12-7-6-11-23(24)27-25(28)19(2)30-20-9-4-3-5-10-20/h3-7,9-14,17,19H,8,15-16H2,1-2H3. The van der Waals surface area contributed by atoms with Crippen LogP contribution in [0.15, 0.2) is 72.8 Å². The van der Waals surface area contributed by atoms with Crippen LogP contribution in [-0.2, 0) is 6.54 Å². The van der Waals surface area contributed by atoms with Crippen molar-refractivity contribution in [3.8, 4) is 11.5 Å². The molecular formula is C25H25ClN2O2. The van der Waals surface area contributed by atoms with Gasteiger partial charge in [-0.15, -0.1) is 0 Å². The lowest BCUT2D eigenvalue weighted by Gasteiger charge is -2.17. The van der Waals surface area contributed by atoms with Gasteiger partial charge in [0.2, 0.25) is 0 Å². The second-order valence-electron chi connectivity index (χ2n) is 7.30. The molecule has 0 N–H and O–H groups in total. The third kappa shape index (κ3) is 4.60. The first kappa shape index (κ1) is 20.3. The van der Waals surface area contributed by atoms with Crippen LogP contribution >= 0.6 is 11.6 Å². The van der Waals surface area contributed by atoms with E-state index in [0.717, 1.165) is 51.9 Å². The number of benzene rings is 3. The Morgan fingerprint density at radius 2 is 1.73 bits per heavy atom. The number of hydrogen-bond donors (Lipinski definition) is 0. The van der Waals surface area contributed by atoms with Gasteiger partial charge in [0.05, 0.1) is 17.6 Å². The first-order valence-corrected chi connectivity index (χ1v) is 10.6. The molecule has 4 aromatic rings.